The molecule has 0 N–H and O–H groups in total. The molecule has 0 radical (unpaired) electrons. The molecule has 0 spiro atoms. The molecule has 2 aromatic carbocycles. The van der Waals surface area contributed by atoms with Crippen molar-refractivity contribution in [3.8, 4) is 0 Å². The fourth-order valence-electron chi connectivity index (χ4n) is 2.40. The Bertz CT molecular complexity index is 1110. The van der Waals surface area contributed by atoms with Crippen LogP contribution in [-0.2, 0) is 0 Å². The lowest BCUT2D eigenvalue weighted by molar-refractivity contribution is 0.106. The Labute approximate surface area is 145 Å². The summed E-state index contributed by atoms with van der Waals surface area (Å²) in [5.41, 5.74) is 2.03. The van der Waals surface area contributed by atoms with E-state index in [-0.39, 0.29) is 16.3 Å². The highest BCUT2D eigenvalue weighted by Gasteiger charge is 2.16. The van der Waals surface area contributed by atoms with Crippen molar-refractivity contribution in [2.24, 2.45) is 0 Å². The van der Waals surface area contributed by atoms with Crippen LogP contribution in [0.5, 0.6) is 0 Å². The number of hydrogen-bond donors (Lipinski definition) is 0. The minimum atomic E-state index is -0.325. The highest BCUT2D eigenvalue weighted by Crippen LogP contribution is 2.31. The molecule has 0 unspecified atom stereocenters. The first-order valence-corrected chi connectivity index (χ1v) is 8.86. The van der Waals surface area contributed by atoms with Gasteiger partial charge in [-0.05, 0) is 43.0 Å². The zero-order valence-electron chi connectivity index (χ0n) is 12.6. The SMILES string of the molecule is Cc1ccc2oc(C(=O)Sc3nc4ccccc4s3)cc(=O)c2c1. The van der Waals surface area contributed by atoms with Gasteiger partial charge in [0.1, 0.15) is 5.58 Å². The highest BCUT2D eigenvalue weighted by molar-refractivity contribution is 8.15. The van der Waals surface area contributed by atoms with E-state index in [9.17, 15) is 9.59 Å². The van der Waals surface area contributed by atoms with E-state index >= 15 is 0 Å². The fraction of sp³-hybridized carbons (Fsp3) is 0.0556. The van der Waals surface area contributed by atoms with E-state index in [0.29, 0.717) is 15.3 Å². The number of nitrogens with zero attached hydrogens (tertiary/aromatic N) is 1. The number of carbonyl (C=O) groups is 1. The van der Waals surface area contributed by atoms with Gasteiger partial charge >= 0.3 is 0 Å². The average Bonchev–Trinajstić information content (AvgIpc) is 2.97. The molecular formula is C18H11NO3S2. The number of para-hydroxylation sites is 1. The number of thiazole rings is 1. The second-order valence-electron chi connectivity index (χ2n) is 5.31. The van der Waals surface area contributed by atoms with Crippen molar-refractivity contribution < 1.29 is 9.21 Å². The van der Waals surface area contributed by atoms with E-state index in [1.54, 1.807) is 12.1 Å². The Kier molecular flexibility index (Phi) is 3.70. The van der Waals surface area contributed by atoms with E-state index in [0.717, 1.165) is 27.5 Å². The Morgan fingerprint density at radius 2 is 2.00 bits per heavy atom. The highest BCUT2D eigenvalue weighted by atomic mass is 32.2. The van der Waals surface area contributed by atoms with Crippen molar-refractivity contribution >= 4 is 49.4 Å². The molecule has 0 aliphatic carbocycles. The van der Waals surface area contributed by atoms with E-state index in [2.05, 4.69) is 4.98 Å². The van der Waals surface area contributed by atoms with E-state index in [4.69, 9.17) is 4.42 Å². The van der Waals surface area contributed by atoms with Crippen molar-refractivity contribution in [2.75, 3.05) is 0 Å². The van der Waals surface area contributed by atoms with Crippen molar-refractivity contribution in [1.82, 2.24) is 4.98 Å². The largest absolute Gasteiger partial charge is 0.452 e. The first-order valence-electron chi connectivity index (χ1n) is 7.22. The Balaban J connectivity index is 1.70. The van der Waals surface area contributed by atoms with Crippen LogP contribution in [0.15, 0.2) is 62.1 Å². The van der Waals surface area contributed by atoms with Crippen LogP contribution in [0.2, 0.25) is 0 Å². The van der Waals surface area contributed by atoms with Crippen LogP contribution in [-0.4, -0.2) is 10.1 Å². The Hall–Kier alpha value is -2.44. The number of hydrogen-bond acceptors (Lipinski definition) is 6. The molecule has 118 valence electrons. The fourth-order valence-corrected chi connectivity index (χ4v) is 4.26. The summed E-state index contributed by atoms with van der Waals surface area (Å²) in [6.45, 7) is 1.90. The van der Waals surface area contributed by atoms with Gasteiger partial charge in [-0.1, -0.05) is 23.8 Å². The third kappa shape index (κ3) is 2.74. The molecule has 0 aliphatic rings. The minimum Gasteiger partial charge on any atom is -0.452 e. The van der Waals surface area contributed by atoms with E-state index in [1.165, 1.54) is 17.4 Å². The molecule has 6 heteroatoms. The summed E-state index contributed by atoms with van der Waals surface area (Å²) in [6, 6.07) is 14.3. The molecular weight excluding hydrogens is 342 g/mol. The molecule has 0 atom stereocenters. The van der Waals surface area contributed by atoms with Crippen molar-refractivity contribution in [2.45, 2.75) is 11.3 Å². The second-order valence-corrected chi connectivity index (χ2v) is 7.56. The average molecular weight is 353 g/mol. The van der Waals surface area contributed by atoms with Crippen LogP contribution in [0.3, 0.4) is 0 Å². The van der Waals surface area contributed by atoms with Gasteiger partial charge in [0.25, 0.3) is 5.12 Å². The molecule has 2 heterocycles. The third-order valence-corrected chi connectivity index (χ3v) is 5.52. The van der Waals surface area contributed by atoms with Crippen LogP contribution < -0.4 is 5.43 Å². The molecule has 24 heavy (non-hydrogen) atoms. The van der Waals surface area contributed by atoms with E-state index < -0.39 is 0 Å². The molecule has 4 rings (SSSR count). The minimum absolute atomic E-state index is 0.0422. The first kappa shape index (κ1) is 15.1. The lowest BCUT2D eigenvalue weighted by atomic mass is 10.1. The number of rotatable bonds is 2. The number of thioether (sulfide) groups is 1. The monoisotopic (exact) mass is 353 g/mol. The number of aromatic nitrogens is 1. The molecule has 0 saturated carbocycles. The van der Waals surface area contributed by atoms with Crippen LogP contribution >= 0.6 is 23.1 Å². The summed E-state index contributed by atoms with van der Waals surface area (Å²) >= 11 is 2.42. The van der Waals surface area contributed by atoms with Crippen molar-refractivity contribution in [3.63, 3.8) is 0 Å². The zero-order chi connectivity index (χ0) is 16.7. The predicted molar refractivity (Wildman–Crippen MR) is 97.0 cm³/mol. The topological polar surface area (TPSA) is 60.2 Å². The maximum Gasteiger partial charge on any atom is 0.261 e. The number of carbonyl (C=O) groups excluding carboxylic acids is 1. The summed E-state index contributed by atoms with van der Waals surface area (Å²) in [6.07, 6.45) is 0. The van der Waals surface area contributed by atoms with Crippen LogP contribution in [0.25, 0.3) is 21.2 Å². The molecule has 0 bridgehead atoms. The second kappa shape index (κ2) is 5.89. The van der Waals surface area contributed by atoms with Crippen LogP contribution in [0.4, 0.5) is 0 Å². The van der Waals surface area contributed by atoms with Crippen molar-refractivity contribution in [1.29, 1.82) is 0 Å². The van der Waals surface area contributed by atoms with E-state index in [1.807, 2.05) is 37.3 Å². The Morgan fingerprint density at radius 3 is 2.83 bits per heavy atom. The molecule has 0 aliphatic heterocycles. The summed E-state index contributed by atoms with van der Waals surface area (Å²) in [5.74, 6) is 0.0422. The molecule has 2 aromatic heterocycles. The summed E-state index contributed by atoms with van der Waals surface area (Å²) < 4.78 is 7.26. The third-order valence-electron chi connectivity index (χ3n) is 3.54. The molecule has 4 nitrogen and oxygen atoms in total. The van der Waals surface area contributed by atoms with Gasteiger partial charge in [-0.2, -0.15) is 0 Å². The summed E-state index contributed by atoms with van der Waals surface area (Å²) in [4.78, 5) is 29.1. The van der Waals surface area contributed by atoms with Gasteiger partial charge in [0.05, 0.1) is 15.6 Å². The van der Waals surface area contributed by atoms with Crippen molar-refractivity contribution in [3.05, 3.63) is 70.1 Å². The zero-order valence-corrected chi connectivity index (χ0v) is 14.2. The van der Waals surface area contributed by atoms with Gasteiger partial charge in [0.15, 0.2) is 15.5 Å². The first-order chi connectivity index (χ1) is 11.6. The summed E-state index contributed by atoms with van der Waals surface area (Å²) in [7, 11) is 0. The number of aryl methyl sites for hydroxylation is 1. The van der Waals surface area contributed by atoms with Gasteiger partial charge in [-0.15, -0.1) is 11.3 Å². The summed E-state index contributed by atoms with van der Waals surface area (Å²) in [5, 5.41) is 0.158. The molecule has 0 fully saturated rings. The predicted octanol–water partition coefficient (Wildman–Crippen LogP) is 4.64. The molecule has 0 saturated heterocycles. The number of benzene rings is 2. The van der Waals surface area contributed by atoms with Gasteiger partial charge in [-0.3, -0.25) is 9.59 Å². The van der Waals surface area contributed by atoms with Gasteiger partial charge in [0.2, 0.25) is 0 Å². The number of fused-ring (bicyclic) bond motifs is 2. The van der Waals surface area contributed by atoms with Gasteiger partial charge in [-0.25, -0.2) is 4.98 Å². The normalized spacial score (nSPS) is 11.2. The van der Waals surface area contributed by atoms with Crippen LogP contribution in [0.1, 0.15) is 16.1 Å². The van der Waals surface area contributed by atoms with Crippen LogP contribution in [0, 0.1) is 6.92 Å². The lowest BCUT2D eigenvalue weighted by Gasteiger charge is -2.01. The quantitative estimate of drug-likeness (QED) is 0.491. The maximum atomic E-state index is 12.5. The standard InChI is InChI=1S/C18H11NO3S2/c1-10-6-7-14-11(8-10)13(20)9-15(22-14)17(21)24-18-19-12-4-2-3-5-16(12)23-18/h2-9H,1H3. The smallest absolute Gasteiger partial charge is 0.261 e. The molecule has 0 amide bonds. The Morgan fingerprint density at radius 1 is 1.17 bits per heavy atom. The molecule has 4 aromatic rings. The maximum absolute atomic E-state index is 12.5. The van der Waals surface area contributed by atoms with Gasteiger partial charge < -0.3 is 4.42 Å². The lowest BCUT2D eigenvalue weighted by Crippen LogP contribution is -2.05. The van der Waals surface area contributed by atoms with Gasteiger partial charge in [0, 0.05) is 6.07 Å².